The quantitative estimate of drug-likeness (QED) is 0.396. The van der Waals surface area contributed by atoms with Gasteiger partial charge in [-0.25, -0.2) is 0 Å². The third kappa shape index (κ3) is 4.65. The molecule has 0 amide bonds. The molecule has 0 aromatic heterocycles. The van der Waals surface area contributed by atoms with Crippen molar-refractivity contribution in [2.24, 2.45) is 5.84 Å². The first-order chi connectivity index (χ1) is 6.43. The summed E-state index contributed by atoms with van der Waals surface area (Å²) in [5.74, 6) is 5.17. The van der Waals surface area contributed by atoms with Crippen molar-refractivity contribution < 1.29 is 0 Å². The van der Waals surface area contributed by atoms with Crippen LogP contribution in [0, 0.1) is 0 Å². The number of nitrogens with two attached hydrogens (primary N) is 1. The number of unbranched alkanes of at least 4 members (excludes halogenated alkanes) is 2. The molecule has 0 atom stereocenters. The van der Waals surface area contributed by atoms with Crippen LogP contribution in [0.4, 0.5) is 0 Å². The number of benzene rings is 1. The van der Waals surface area contributed by atoms with Gasteiger partial charge in [-0.15, -0.1) is 0 Å². The molecule has 72 valence electrons. The van der Waals surface area contributed by atoms with Crippen molar-refractivity contribution in [3.8, 4) is 0 Å². The highest BCUT2D eigenvalue weighted by Gasteiger charge is 1.91. The van der Waals surface area contributed by atoms with Gasteiger partial charge in [-0.1, -0.05) is 36.8 Å². The molecule has 0 aliphatic carbocycles. The minimum absolute atomic E-state index is 0.925. The predicted molar refractivity (Wildman–Crippen MR) is 56.2 cm³/mol. The molecule has 1 aromatic rings. The van der Waals surface area contributed by atoms with Crippen molar-refractivity contribution >= 4 is 0 Å². The van der Waals surface area contributed by atoms with Crippen LogP contribution < -0.4 is 11.3 Å². The maximum atomic E-state index is 5.17. The van der Waals surface area contributed by atoms with Gasteiger partial charge < -0.3 is 0 Å². The first-order valence-electron chi connectivity index (χ1n) is 4.91. The van der Waals surface area contributed by atoms with E-state index in [1.165, 1.54) is 31.2 Å². The predicted octanol–water partition coefficient (Wildman–Crippen LogP) is 1.86. The third-order valence-corrected chi connectivity index (χ3v) is 2.13. The molecule has 0 saturated heterocycles. The minimum atomic E-state index is 0.925. The summed E-state index contributed by atoms with van der Waals surface area (Å²) in [5, 5.41) is 0. The van der Waals surface area contributed by atoms with Crippen LogP contribution >= 0.6 is 0 Å². The molecule has 0 unspecified atom stereocenters. The Labute approximate surface area is 80.1 Å². The maximum absolute atomic E-state index is 5.17. The molecule has 0 aliphatic heterocycles. The SMILES string of the molecule is NNCCCCCc1ccccc1. The standard InChI is InChI=1S/C11H18N2/c12-13-10-6-2-5-9-11-7-3-1-4-8-11/h1,3-4,7-8,13H,2,5-6,9-10,12H2. The molecule has 0 heterocycles. The zero-order valence-corrected chi connectivity index (χ0v) is 8.00. The van der Waals surface area contributed by atoms with Crippen molar-refractivity contribution in [2.45, 2.75) is 25.7 Å². The fraction of sp³-hybridized carbons (Fsp3) is 0.455. The van der Waals surface area contributed by atoms with Crippen molar-refractivity contribution in [1.82, 2.24) is 5.43 Å². The Morgan fingerprint density at radius 2 is 1.77 bits per heavy atom. The van der Waals surface area contributed by atoms with E-state index in [1.54, 1.807) is 0 Å². The van der Waals surface area contributed by atoms with Crippen LogP contribution in [0.5, 0.6) is 0 Å². The Bertz CT molecular complexity index is 209. The molecule has 2 heteroatoms. The largest absolute Gasteiger partial charge is 0.271 e. The van der Waals surface area contributed by atoms with E-state index in [2.05, 4.69) is 35.8 Å². The Kier molecular flexibility index (Phi) is 5.22. The Morgan fingerprint density at radius 3 is 2.46 bits per heavy atom. The van der Waals surface area contributed by atoms with Gasteiger partial charge in [0.1, 0.15) is 0 Å². The maximum Gasteiger partial charge on any atom is 0.00974 e. The van der Waals surface area contributed by atoms with E-state index in [4.69, 9.17) is 5.84 Å². The smallest absolute Gasteiger partial charge is 0.00974 e. The summed E-state index contributed by atoms with van der Waals surface area (Å²) in [5.41, 5.74) is 4.10. The van der Waals surface area contributed by atoms with E-state index >= 15 is 0 Å². The number of hydrazine groups is 1. The Balaban J connectivity index is 2.07. The lowest BCUT2D eigenvalue weighted by Crippen LogP contribution is -2.22. The highest BCUT2D eigenvalue weighted by atomic mass is 15.2. The van der Waals surface area contributed by atoms with E-state index in [0.717, 1.165) is 6.54 Å². The highest BCUT2D eigenvalue weighted by Crippen LogP contribution is 2.05. The van der Waals surface area contributed by atoms with Gasteiger partial charge >= 0.3 is 0 Å². The molecule has 0 saturated carbocycles. The van der Waals surface area contributed by atoms with Crippen LogP contribution in [0.3, 0.4) is 0 Å². The summed E-state index contributed by atoms with van der Waals surface area (Å²) < 4.78 is 0. The topological polar surface area (TPSA) is 38.0 Å². The van der Waals surface area contributed by atoms with Crippen molar-refractivity contribution in [3.05, 3.63) is 35.9 Å². The summed E-state index contributed by atoms with van der Waals surface area (Å²) in [6.45, 7) is 0.925. The molecule has 3 N–H and O–H groups in total. The second-order valence-electron chi connectivity index (χ2n) is 3.25. The molecule has 0 fully saturated rings. The van der Waals surface area contributed by atoms with Crippen LogP contribution in [0.15, 0.2) is 30.3 Å². The monoisotopic (exact) mass is 178 g/mol. The van der Waals surface area contributed by atoms with Crippen LogP contribution in [-0.2, 0) is 6.42 Å². The zero-order valence-electron chi connectivity index (χ0n) is 8.00. The second kappa shape index (κ2) is 6.63. The van der Waals surface area contributed by atoms with Crippen LogP contribution in [0.25, 0.3) is 0 Å². The number of aryl methyl sites for hydroxylation is 1. The molecule has 2 nitrogen and oxygen atoms in total. The van der Waals surface area contributed by atoms with Gasteiger partial charge in [0.05, 0.1) is 0 Å². The van der Waals surface area contributed by atoms with Gasteiger partial charge in [0, 0.05) is 6.54 Å². The average Bonchev–Trinajstić information content (AvgIpc) is 2.19. The minimum Gasteiger partial charge on any atom is -0.271 e. The van der Waals surface area contributed by atoms with Crippen molar-refractivity contribution in [2.75, 3.05) is 6.54 Å². The van der Waals surface area contributed by atoms with Gasteiger partial charge in [-0.05, 0) is 24.8 Å². The molecule has 1 rings (SSSR count). The summed E-state index contributed by atoms with van der Waals surface area (Å²) in [6.07, 6.45) is 4.86. The lowest BCUT2D eigenvalue weighted by atomic mass is 10.1. The van der Waals surface area contributed by atoms with Crippen LogP contribution in [0.2, 0.25) is 0 Å². The van der Waals surface area contributed by atoms with Crippen molar-refractivity contribution in [3.63, 3.8) is 0 Å². The molecule has 1 aromatic carbocycles. The normalized spacial score (nSPS) is 10.2. The van der Waals surface area contributed by atoms with Gasteiger partial charge in [0.25, 0.3) is 0 Å². The lowest BCUT2D eigenvalue weighted by molar-refractivity contribution is 0.619. The van der Waals surface area contributed by atoms with E-state index in [9.17, 15) is 0 Å². The number of hydrogen-bond donors (Lipinski definition) is 2. The molecule has 13 heavy (non-hydrogen) atoms. The number of rotatable bonds is 6. The summed E-state index contributed by atoms with van der Waals surface area (Å²) in [6, 6.07) is 10.6. The fourth-order valence-corrected chi connectivity index (χ4v) is 1.38. The van der Waals surface area contributed by atoms with E-state index in [-0.39, 0.29) is 0 Å². The summed E-state index contributed by atoms with van der Waals surface area (Å²) in [4.78, 5) is 0. The summed E-state index contributed by atoms with van der Waals surface area (Å²) >= 11 is 0. The molecular formula is C11H18N2. The van der Waals surface area contributed by atoms with Crippen molar-refractivity contribution in [1.29, 1.82) is 0 Å². The molecule has 0 bridgehead atoms. The second-order valence-corrected chi connectivity index (χ2v) is 3.25. The molecule has 0 aliphatic rings. The van der Waals surface area contributed by atoms with Gasteiger partial charge in [-0.2, -0.15) is 0 Å². The zero-order chi connectivity index (χ0) is 9.36. The van der Waals surface area contributed by atoms with E-state index in [0.29, 0.717) is 0 Å². The fourth-order valence-electron chi connectivity index (χ4n) is 1.38. The molecular weight excluding hydrogens is 160 g/mol. The Hall–Kier alpha value is -0.860. The van der Waals surface area contributed by atoms with Crippen LogP contribution in [0.1, 0.15) is 24.8 Å². The van der Waals surface area contributed by atoms with Crippen LogP contribution in [-0.4, -0.2) is 6.54 Å². The first kappa shape index (κ1) is 10.2. The Morgan fingerprint density at radius 1 is 1.00 bits per heavy atom. The highest BCUT2D eigenvalue weighted by molar-refractivity contribution is 5.14. The van der Waals surface area contributed by atoms with Gasteiger partial charge in [-0.3, -0.25) is 11.3 Å². The van der Waals surface area contributed by atoms with E-state index in [1.807, 2.05) is 0 Å². The molecule has 0 spiro atoms. The van der Waals surface area contributed by atoms with Gasteiger partial charge in [0.2, 0.25) is 0 Å². The average molecular weight is 178 g/mol. The lowest BCUT2D eigenvalue weighted by Gasteiger charge is -2.01. The summed E-state index contributed by atoms with van der Waals surface area (Å²) in [7, 11) is 0. The molecule has 0 radical (unpaired) electrons. The van der Waals surface area contributed by atoms with E-state index < -0.39 is 0 Å². The number of hydrogen-bond acceptors (Lipinski definition) is 2. The number of nitrogens with one attached hydrogen (secondary N) is 1. The van der Waals surface area contributed by atoms with Gasteiger partial charge in [0.15, 0.2) is 0 Å². The third-order valence-electron chi connectivity index (χ3n) is 2.13. The first-order valence-corrected chi connectivity index (χ1v) is 4.91.